The number of nitrogens with zero attached hydrogens (tertiary/aromatic N) is 1. The number of carboxylic acid groups (broad SMARTS) is 1. The van der Waals surface area contributed by atoms with Crippen LogP contribution in [0.5, 0.6) is 0 Å². The third-order valence-corrected chi connectivity index (χ3v) is 3.81. The van der Waals surface area contributed by atoms with Gasteiger partial charge in [0.1, 0.15) is 5.56 Å². The zero-order valence-corrected chi connectivity index (χ0v) is 10.8. The van der Waals surface area contributed by atoms with Crippen LogP contribution in [0.2, 0.25) is 5.02 Å². The number of carboxylic acids is 1. The molecule has 0 unspecified atom stereocenters. The fourth-order valence-electron chi connectivity index (χ4n) is 1.56. The van der Waals surface area contributed by atoms with Crippen LogP contribution in [0.15, 0.2) is 29.3 Å². The fourth-order valence-corrected chi connectivity index (χ4v) is 2.38. The minimum Gasteiger partial charge on any atom is -0.478 e. The van der Waals surface area contributed by atoms with Crippen molar-refractivity contribution >= 4 is 38.3 Å². The molecule has 0 saturated heterocycles. The molecule has 0 radical (unpaired) electrons. The van der Waals surface area contributed by atoms with E-state index in [0.29, 0.717) is 5.39 Å². The van der Waals surface area contributed by atoms with Crippen molar-refractivity contribution in [3.63, 3.8) is 0 Å². The van der Waals surface area contributed by atoms with E-state index in [2.05, 4.69) is 4.98 Å². The van der Waals surface area contributed by atoms with Crippen LogP contribution >= 0.6 is 11.6 Å². The molecule has 2 rings (SSSR count). The Hall–Kier alpha value is -1.66. The predicted octanol–water partition coefficient (Wildman–Crippen LogP) is 1.99. The molecule has 1 aromatic heterocycles. The number of benzene rings is 1. The number of hydrogen-bond donors (Lipinski definition) is 1. The van der Waals surface area contributed by atoms with Gasteiger partial charge < -0.3 is 5.11 Å². The first-order valence-electron chi connectivity index (χ1n) is 4.82. The van der Waals surface area contributed by atoms with Gasteiger partial charge in [-0.25, -0.2) is 13.2 Å². The summed E-state index contributed by atoms with van der Waals surface area (Å²) >= 11 is 5.79. The summed E-state index contributed by atoms with van der Waals surface area (Å²) < 4.78 is 22.8. The topological polar surface area (TPSA) is 84.3 Å². The Kier molecular flexibility index (Phi) is 3.00. The Labute approximate surface area is 108 Å². The summed E-state index contributed by atoms with van der Waals surface area (Å²) in [6.07, 6.45) is 2.18. The molecule has 0 aliphatic carbocycles. The van der Waals surface area contributed by atoms with Crippen molar-refractivity contribution in [3.8, 4) is 0 Å². The van der Waals surface area contributed by atoms with Gasteiger partial charge in [0.05, 0.1) is 15.4 Å². The molecule has 0 bridgehead atoms. The van der Waals surface area contributed by atoms with Gasteiger partial charge in [0.25, 0.3) is 0 Å². The lowest BCUT2D eigenvalue weighted by atomic mass is 10.1. The average molecular weight is 286 g/mol. The van der Waals surface area contributed by atoms with Crippen LogP contribution in [0.3, 0.4) is 0 Å². The number of pyridine rings is 1. The van der Waals surface area contributed by atoms with Gasteiger partial charge in [-0.15, -0.1) is 0 Å². The van der Waals surface area contributed by atoms with Crippen LogP contribution in [0, 0.1) is 0 Å². The van der Waals surface area contributed by atoms with Crippen molar-refractivity contribution in [2.24, 2.45) is 0 Å². The molecule has 0 aliphatic rings. The van der Waals surface area contributed by atoms with Gasteiger partial charge >= 0.3 is 5.97 Å². The number of rotatable bonds is 2. The van der Waals surface area contributed by atoms with Crippen LogP contribution in [0.25, 0.3) is 10.9 Å². The molecule has 94 valence electrons. The Balaban J connectivity index is 2.84. The molecule has 0 spiro atoms. The number of aromatic nitrogens is 1. The summed E-state index contributed by atoms with van der Waals surface area (Å²) in [6.45, 7) is 0. The zero-order chi connectivity index (χ0) is 13.5. The van der Waals surface area contributed by atoms with Crippen LogP contribution in [-0.2, 0) is 9.84 Å². The average Bonchev–Trinajstić information content (AvgIpc) is 2.26. The predicted molar refractivity (Wildman–Crippen MR) is 66.8 cm³/mol. The van der Waals surface area contributed by atoms with Crippen molar-refractivity contribution in [3.05, 3.63) is 35.0 Å². The van der Waals surface area contributed by atoms with Crippen LogP contribution in [0.1, 0.15) is 10.4 Å². The summed E-state index contributed by atoms with van der Waals surface area (Å²) in [5, 5.41) is 9.53. The van der Waals surface area contributed by atoms with E-state index in [1.807, 2.05) is 0 Å². The fraction of sp³-hybridized carbons (Fsp3) is 0.0909. The largest absolute Gasteiger partial charge is 0.478 e. The number of carbonyl (C=O) groups is 1. The first-order chi connectivity index (χ1) is 8.30. The minimum atomic E-state index is -3.38. The normalized spacial score (nSPS) is 11.7. The molecule has 0 amide bonds. The van der Waals surface area contributed by atoms with E-state index in [-0.39, 0.29) is 21.0 Å². The van der Waals surface area contributed by atoms with E-state index in [9.17, 15) is 13.2 Å². The van der Waals surface area contributed by atoms with Crippen molar-refractivity contribution < 1.29 is 18.3 Å². The number of hydrogen-bond acceptors (Lipinski definition) is 4. The second-order valence-electron chi connectivity index (χ2n) is 3.74. The molecule has 1 N–H and O–H groups in total. The summed E-state index contributed by atoms with van der Waals surface area (Å²) in [5.41, 5.74) is 0.0385. The minimum absolute atomic E-state index is 0.0358. The lowest BCUT2D eigenvalue weighted by Crippen LogP contribution is -2.02. The van der Waals surface area contributed by atoms with Crippen molar-refractivity contribution in [1.29, 1.82) is 0 Å². The summed E-state index contributed by atoms with van der Waals surface area (Å²) in [4.78, 5) is 15.0. The maximum absolute atomic E-state index is 11.4. The molecular weight excluding hydrogens is 278 g/mol. The lowest BCUT2D eigenvalue weighted by Gasteiger charge is -2.05. The summed E-state index contributed by atoms with van der Waals surface area (Å²) in [6, 6.07) is 4.31. The van der Waals surface area contributed by atoms with Gasteiger partial charge in [-0.2, -0.15) is 0 Å². The maximum Gasteiger partial charge on any atom is 0.339 e. The SMILES string of the molecule is CS(=O)(=O)c1cnc2c(C(=O)O)c(Cl)ccc2c1. The number of halogens is 1. The molecule has 0 atom stereocenters. The standard InChI is InChI=1S/C11H8ClNO4S/c1-18(16,17)7-4-6-2-3-8(12)9(11(14)15)10(6)13-5-7/h2-5H,1H3,(H,14,15). The van der Waals surface area contributed by atoms with Crippen molar-refractivity contribution in [2.45, 2.75) is 4.90 Å². The third-order valence-electron chi connectivity index (χ3n) is 2.42. The molecule has 7 heteroatoms. The maximum atomic E-state index is 11.4. The highest BCUT2D eigenvalue weighted by atomic mass is 35.5. The highest BCUT2D eigenvalue weighted by Crippen LogP contribution is 2.26. The van der Waals surface area contributed by atoms with Gasteiger partial charge in [0.15, 0.2) is 9.84 Å². The Morgan fingerprint density at radius 2 is 2.06 bits per heavy atom. The molecule has 0 aliphatic heterocycles. The molecule has 0 fully saturated rings. The van der Waals surface area contributed by atoms with Gasteiger partial charge in [-0.1, -0.05) is 17.7 Å². The molecule has 1 aromatic carbocycles. The lowest BCUT2D eigenvalue weighted by molar-refractivity contribution is 0.0699. The highest BCUT2D eigenvalue weighted by Gasteiger charge is 2.16. The van der Waals surface area contributed by atoms with Crippen molar-refractivity contribution in [2.75, 3.05) is 6.26 Å². The van der Waals surface area contributed by atoms with Crippen LogP contribution in [0.4, 0.5) is 0 Å². The Bertz CT molecular complexity index is 755. The second-order valence-corrected chi connectivity index (χ2v) is 6.17. The van der Waals surface area contributed by atoms with Crippen LogP contribution < -0.4 is 0 Å². The first kappa shape index (κ1) is 12.8. The van der Waals surface area contributed by atoms with Gasteiger partial charge in [0.2, 0.25) is 0 Å². The molecule has 0 saturated carbocycles. The third kappa shape index (κ3) is 2.16. The van der Waals surface area contributed by atoms with Gasteiger partial charge in [0, 0.05) is 17.8 Å². The van der Waals surface area contributed by atoms with E-state index in [4.69, 9.17) is 16.7 Å². The summed E-state index contributed by atoms with van der Waals surface area (Å²) in [5.74, 6) is -1.20. The quantitative estimate of drug-likeness (QED) is 0.912. The van der Waals surface area contributed by atoms with E-state index in [1.54, 1.807) is 0 Å². The zero-order valence-electron chi connectivity index (χ0n) is 9.21. The second kappa shape index (κ2) is 4.22. The first-order valence-corrected chi connectivity index (χ1v) is 7.09. The van der Waals surface area contributed by atoms with Crippen LogP contribution in [-0.4, -0.2) is 30.7 Å². The van der Waals surface area contributed by atoms with E-state index >= 15 is 0 Å². The smallest absolute Gasteiger partial charge is 0.339 e. The Morgan fingerprint density at radius 3 is 2.61 bits per heavy atom. The highest BCUT2D eigenvalue weighted by molar-refractivity contribution is 7.90. The Morgan fingerprint density at radius 1 is 1.39 bits per heavy atom. The van der Waals surface area contributed by atoms with E-state index < -0.39 is 15.8 Å². The molecule has 18 heavy (non-hydrogen) atoms. The number of aromatic carboxylic acids is 1. The van der Waals surface area contributed by atoms with Gasteiger partial charge in [-0.05, 0) is 12.1 Å². The van der Waals surface area contributed by atoms with Crippen molar-refractivity contribution in [1.82, 2.24) is 4.98 Å². The van der Waals surface area contributed by atoms with Gasteiger partial charge in [-0.3, -0.25) is 4.98 Å². The van der Waals surface area contributed by atoms with E-state index in [0.717, 1.165) is 12.5 Å². The summed E-state index contributed by atoms with van der Waals surface area (Å²) in [7, 11) is -3.38. The molecule has 1 heterocycles. The molecular formula is C11H8ClNO4S. The number of sulfone groups is 1. The monoisotopic (exact) mass is 285 g/mol. The van der Waals surface area contributed by atoms with E-state index in [1.165, 1.54) is 18.2 Å². The molecule has 5 nitrogen and oxygen atoms in total. The number of fused-ring (bicyclic) bond motifs is 1. The molecule has 2 aromatic rings.